The van der Waals surface area contributed by atoms with Crippen LogP contribution < -0.4 is 5.32 Å². The average molecular weight is 223 g/mol. The highest BCUT2D eigenvalue weighted by Crippen LogP contribution is 2.12. The number of rotatable bonds is 3. The largest absolute Gasteiger partial charge is 0.405 e. The van der Waals surface area contributed by atoms with Gasteiger partial charge in [0.15, 0.2) is 0 Å². The molecule has 0 aromatic carbocycles. The van der Waals surface area contributed by atoms with Crippen LogP contribution in [0.3, 0.4) is 0 Å². The maximum atomic E-state index is 11.7. The SMILES string of the molecule is CC(C#N)CN(C)C(=O)NCC(F)(F)F. The Morgan fingerprint density at radius 2 is 2.13 bits per heavy atom. The molecule has 86 valence electrons. The average Bonchev–Trinajstić information content (AvgIpc) is 2.12. The normalized spacial score (nSPS) is 12.8. The number of carbonyl (C=O) groups is 1. The highest BCUT2D eigenvalue weighted by atomic mass is 19.4. The van der Waals surface area contributed by atoms with Crippen molar-refractivity contribution in [3.63, 3.8) is 0 Å². The lowest BCUT2D eigenvalue weighted by Crippen LogP contribution is -2.43. The summed E-state index contributed by atoms with van der Waals surface area (Å²) in [4.78, 5) is 12.1. The van der Waals surface area contributed by atoms with Crippen molar-refractivity contribution in [2.75, 3.05) is 20.1 Å². The van der Waals surface area contributed by atoms with E-state index in [4.69, 9.17) is 5.26 Å². The fourth-order valence-electron chi connectivity index (χ4n) is 0.845. The number of carbonyl (C=O) groups excluding carboxylic acids is 1. The zero-order chi connectivity index (χ0) is 12.1. The Bertz CT molecular complexity index is 259. The van der Waals surface area contributed by atoms with Gasteiger partial charge in [0, 0.05) is 13.6 Å². The number of amides is 2. The van der Waals surface area contributed by atoms with Crippen LogP contribution in [-0.4, -0.2) is 37.2 Å². The minimum atomic E-state index is -4.42. The third-order valence-corrected chi connectivity index (χ3v) is 1.55. The van der Waals surface area contributed by atoms with Crippen LogP contribution in [-0.2, 0) is 0 Å². The molecule has 0 rings (SSSR count). The van der Waals surface area contributed by atoms with E-state index in [0.717, 1.165) is 4.90 Å². The summed E-state index contributed by atoms with van der Waals surface area (Å²) in [5.41, 5.74) is 0. The first kappa shape index (κ1) is 13.5. The highest BCUT2D eigenvalue weighted by Gasteiger charge is 2.28. The van der Waals surface area contributed by atoms with Crippen LogP contribution in [0.1, 0.15) is 6.92 Å². The molecule has 0 spiro atoms. The first-order valence-electron chi connectivity index (χ1n) is 4.21. The summed E-state index contributed by atoms with van der Waals surface area (Å²) in [5.74, 6) is -0.411. The molecule has 0 fully saturated rings. The van der Waals surface area contributed by atoms with Crippen LogP contribution in [0.4, 0.5) is 18.0 Å². The Labute approximate surface area is 85.7 Å². The maximum absolute atomic E-state index is 11.7. The fourth-order valence-corrected chi connectivity index (χ4v) is 0.845. The van der Waals surface area contributed by atoms with Crippen molar-refractivity contribution in [2.24, 2.45) is 5.92 Å². The summed E-state index contributed by atoms with van der Waals surface area (Å²) in [6.07, 6.45) is -4.42. The van der Waals surface area contributed by atoms with Gasteiger partial charge in [0.25, 0.3) is 0 Å². The molecule has 0 aliphatic rings. The van der Waals surface area contributed by atoms with Gasteiger partial charge < -0.3 is 10.2 Å². The first-order valence-corrected chi connectivity index (χ1v) is 4.21. The number of nitrogens with one attached hydrogen (secondary N) is 1. The second-order valence-corrected chi connectivity index (χ2v) is 3.18. The third kappa shape index (κ3) is 6.60. The van der Waals surface area contributed by atoms with Gasteiger partial charge in [-0.15, -0.1) is 0 Å². The molecule has 7 heteroatoms. The van der Waals surface area contributed by atoms with Crippen LogP contribution in [0.5, 0.6) is 0 Å². The maximum Gasteiger partial charge on any atom is 0.405 e. The molecule has 0 radical (unpaired) electrons. The predicted octanol–water partition coefficient (Wildman–Crippen LogP) is 1.35. The smallest absolute Gasteiger partial charge is 0.329 e. The van der Waals surface area contributed by atoms with E-state index in [-0.39, 0.29) is 6.54 Å². The van der Waals surface area contributed by atoms with Crippen molar-refractivity contribution >= 4 is 6.03 Å². The molecule has 4 nitrogen and oxygen atoms in total. The molecular formula is C8H12F3N3O. The summed E-state index contributed by atoms with van der Waals surface area (Å²) in [7, 11) is 1.33. The van der Waals surface area contributed by atoms with Gasteiger partial charge >= 0.3 is 12.2 Å². The van der Waals surface area contributed by atoms with E-state index >= 15 is 0 Å². The summed E-state index contributed by atoms with van der Waals surface area (Å²) in [6.45, 7) is 0.310. The lowest BCUT2D eigenvalue weighted by Gasteiger charge is -2.19. The highest BCUT2D eigenvalue weighted by molar-refractivity contribution is 5.73. The van der Waals surface area contributed by atoms with Gasteiger partial charge in [-0.2, -0.15) is 18.4 Å². The van der Waals surface area contributed by atoms with Crippen molar-refractivity contribution < 1.29 is 18.0 Å². The Morgan fingerprint density at radius 1 is 1.60 bits per heavy atom. The lowest BCUT2D eigenvalue weighted by molar-refractivity contribution is -0.123. The van der Waals surface area contributed by atoms with E-state index in [1.54, 1.807) is 12.2 Å². The summed E-state index contributed by atoms with van der Waals surface area (Å²) in [5, 5.41) is 10.1. The topological polar surface area (TPSA) is 56.1 Å². The molecule has 0 aliphatic heterocycles. The molecule has 1 atom stereocenters. The predicted molar refractivity (Wildman–Crippen MR) is 46.9 cm³/mol. The molecule has 0 aliphatic carbocycles. The van der Waals surface area contributed by atoms with Gasteiger partial charge in [0.05, 0.1) is 12.0 Å². The van der Waals surface area contributed by atoms with Crippen molar-refractivity contribution in [1.29, 1.82) is 5.26 Å². The number of halogens is 3. The molecule has 1 unspecified atom stereocenters. The fraction of sp³-hybridized carbons (Fsp3) is 0.750. The number of urea groups is 1. The summed E-state index contributed by atoms with van der Waals surface area (Å²) in [6, 6.07) is 1.04. The molecule has 0 heterocycles. The van der Waals surface area contributed by atoms with Gasteiger partial charge in [-0.3, -0.25) is 0 Å². The Balaban J connectivity index is 3.96. The lowest BCUT2D eigenvalue weighted by atomic mass is 10.2. The van der Waals surface area contributed by atoms with E-state index < -0.39 is 24.7 Å². The summed E-state index contributed by atoms with van der Waals surface area (Å²) >= 11 is 0. The van der Waals surface area contributed by atoms with Gasteiger partial charge in [0.2, 0.25) is 0 Å². The minimum absolute atomic E-state index is 0.0974. The van der Waals surface area contributed by atoms with Crippen molar-refractivity contribution in [3.8, 4) is 6.07 Å². The standard InChI is InChI=1S/C8H12F3N3O/c1-6(3-12)4-14(2)7(15)13-5-8(9,10)11/h6H,4-5H2,1-2H3,(H,13,15). The first-order chi connectivity index (χ1) is 6.76. The minimum Gasteiger partial charge on any atom is -0.329 e. The quantitative estimate of drug-likeness (QED) is 0.785. The zero-order valence-corrected chi connectivity index (χ0v) is 8.43. The van der Waals surface area contributed by atoms with Crippen LogP contribution in [0.25, 0.3) is 0 Å². The van der Waals surface area contributed by atoms with Gasteiger partial charge in [-0.1, -0.05) is 0 Å². The van der Waals surface area contributed by atoms with Crippen LogP contribution in [0, 0.1) is 17.2 Å². The molecule has 0 aromatic rings. The Hall–Kier alpha value is -1.45. The van der Waals surface area contributed by atoms with Crippen LogP contribution >= 0.6 is 0 Å². The van der Waals surface area contributed by atoms with E-state index in [1.165, 1.54) is 7.05 Å². The monoisotopic (exact) mass is 223 g/mol. The number of hydrogen-bond acceptors (Lipinski definition) is 2. The van der Waals surface area contributed by atoms with E-state index in [0.29, 0.717) is 0 Å². The van der Waals surface area contributed by atoms with Crippen LogP contribution in [0.2, 0.25) is 0 Å². The van der Waals surface area contributed by atoms with E-state index in [9.17, 15) is 18.0 Å². The number of hydrogen-bond donors (Lipinski definition) is 1. The van der Waals surface area contributed by atoms with Crippen molar-refractivity contribution in [2.45, 2.75) is 13.1 Å². The van der Waals surface area contributed by atoms with Gasteiger partial charge in [-0.05, 0) is 6.92 Å². The number of alkyl halides is 3. The summed E-state index contributed by atoms with van der Waals surface area (Å²) < 4.78 is 35.2. The second kappa shape index (κ2) is 5.44. The number of nitrogens with zero attached hydrogens (tertiary/aromatic N) is 2. The van der Waals surface area contributed by atoms with Crippen molar-refractivity contribution in [1.82, 2.24) is 10.2 Å². The molecule has 0 saturated carbocycles. The third-order valence-electron chi connectivity index (χ3n) is 1.55. The molecule has 1 N–H and O–H groups in total. The Kier molecular flexibility index (Phi) is 4.91. The molecule has 15 heavy (non-hydrogen) atoms. The van der Waals surface area contributed by atoms with Gasteiger partial charge in [-0.25, -0.2) is 4.79 Å². The van der Waals surface area contributed by atoms with Crippen LogP contribution in [0.15, 0.2) is 0 Å². The molecule has 0 saturated heterocycles. The van der Waals surface area contributed by atoms with E-state index in [1.807, 2.05) is 6.07 Å². The Morgan fingerprint density at radius 3 is 2.53 bits per heavy atom. The van der Waals surface area contributed by atoms with Gasteiger partial charge in [0.1, 0.15) is 6.54 Å². The molecule has 2 amide bonds. The van der Waals surface area contributed by atoms with Crippen molar-refractivity contribution in [3.05, 3.63) is 0 Å². The molecule has 0 aromatic heterocycles. The van der Waals surface area contributed by atoms with E-state index in [2.05, 4.69) is 0 Å². The second-order valence-electron chi connectivity index (χ2n) is 3.18. The number of nitriles is 1. The molecular weight excluding hydrogens is 211 g/mol. The zero-order valence-electron chi connectivity index (χ0n) is 8.43. The molecule has 0 bridgehead atoms.